The van der Waals surface area contributed by atoms with E-state index in [9.17, 15) is 4.79 Å². The third-order valence-corrected chi connectivity index (χ3v) is 4.85. The SMILES string of the molecule is Cc1cc(NC(=O)c2cc(OCCN3CCOCC3)nc(N3CCOCC3)n2)no1. The number of carbonyl (C=O) groups is 1. The molecule has 1 N–H and O–H groups in total. The molecule has 2 aliphatic heterocycles. The highest BCUT2D eigenvalue weighted by Gasteiger charge is 2.20. The molecular formula is C19H26N6O5. The number of carbonyl (C=O) groups excluding carboxylic acids is 1. The van der Waals surface area contributed by atoms with E-state index in [2.05, 4.69) is 25.3 Å². The zero-order valence-corrected chi connectivity index (χ0v) is 17.0. The molecular weight excluding hydrogens is 392 g/mol. The van der Waals surface area contributed by atoms with Gasteiger partial charge in [-0.05, 0) is 6.92 Å². The van der Waals surface area contributed by atoms with Crippen LogP contribution in [0, 0.1) is 6.92 Å². The van der Waals surface area contributed by atoms with Crippen LogP contribution >= 0.6 is 0 Å². The molecule has 11 heteroatoms. The number of aryl methyl sites for hydroxylation is 1. The quantitative estimate of drug-likeness (QED) is 0.684. The van der Waals surface area contributed by atoms with Crippen molar-refractivity contribution in [1.29, 1.82) is 0 Å². The maximum Gasteiger partial charge on any atom is 0.275 e. The Morgan fingerprint density at radius 1 is 1.10 bits per heavy atom. The van der Waals surface area contributed by atoms with Crippen LogP contribution in [0.4, 0.5) is 11.8 Å². The monoisotopic (exact) mass is 418 g/mol. The van der Waals surface area contributed by atoms with Gasteiger partial charge < -0.3 is 29.0 Å². The fraction of sp³-hybridized carbons (Fsp3) is 0.579. The molecule has 2 fully saturated rings. The fourth-order valence-electron chi connectivity index (χ4n) is 3.22. The van der Waals surface area contributed by atoms with Gasteiger partial charge in [0.2, 0.25) is 11.8 Å². The summed E-state index contributed by atoms with van der Waals surface area (Å²) in [6.45, 7) is 8.71. The number of hydrogen-bond donors (Lipinski definition) is 1. The number of hydrogen-bond acceptors (Lipinski definition) is 10. The lowest BCUT2D eigenvalue weighted by atomic mass is 10.3. The number of ether oxygens (including phenoxy) is 3. The Kier molecular flexibility index (Phi) is 6.72. The zero-order chi connectivity index (χ0) is 20.8. The van der Waals surface area contributed by atoms with E-state index in [1.807, 2.05) is 4.90 Å². The van der Waals surface area contributed by atoms with E-state index in [4.69, 9.17) is 18.7 Å². The molecule has 0 bridgehead atoms. The molecule has 2 aromatic heterocycles. The molecule has 1 amide bonds. The topological polar surface area (TPSA) is 115 Å². The summed E-state index contributed by atoms with van der Waals surface area (Å²) in [7, 11) is 0. The first-order valence-electron chi connectivity index (χ1n) is 10.1. The van der Waals surface area contributed by atoms with Crippen LogP contribution in [0.2, 0.25) is 0 Å². The highest BCUT2D eigenvalue weighted by Crippen LogP contribution is 2.18. The zero-order valence-electron chi connectivity index (χ0n) is 17.0. The van der Waals surface area contributed by atoms with E-state index in [1.165, 1.54) is 0 Å². The van der Waals surface area contributed by atoms with Gasteiger partial charge in [-0.1, -0.05) is 5.16 Å². The fourth-order valence-corrected chi connectivity index (χ4v) is 3.22. The Bertz CT molecular complexity index is 848. The van der Waals surface area contributed by atoms with Crippen molar-refractivity contribution in [3.8, 4) is 5.88 Å². The predicted molar refractivity (Wildman–Crippen MR) is 107 cm³/mol. The van der Waals surface area contributed by atoms with E-state index in [-0.39, 0.29) is 5.69 Å². The molecule has 2 aliphatic rings. The Labute approximate surface area is 174 Å². The Morgan fingerprint density at radius 3 is 2.53 bits per heavy atom. The van der Waals surface area contributed by atoms with Crippen molar-refractivity contribution in [3.05, 3.63) is 23.6 Å². The van der Waals surface area contributed by atoms with Crippen LogP contribution in [0.1, 0.15) is 16.2 Å². The molecule has 4 rings (SSSR count). The molecule has 0 atom stereocenters. The molecule has 4 heterocycles. The molecule has 0 saturated carbocycles. The van der Waals surface area contributed by atoms with Crippen molar-refractivity contribution in [1.82, 2.24) is 20.0 Å². The lowest BCUT2D eigenvalue weighted by molar-refractivity contribution is 0.0320. The van der Waals surface area contributed by atoms with Gasteiger partial charge in [-0.25, -0.2) is 4.98 Å². The molecule has 2 saturated heterocycles. The van der Waals surface area contributed by atoms with Crippen molar-refractivity contribution in [2.45, 2.75) is 6.92 Å². The average Bonchev–Trinajstić information content (AvgIpc) is 3.19. The van der Waals surface area contributed by atoms with Gasteiger partial charge in [0.1, 0.15) is 18.1 Å². The van der Waals surface area contributed by atoms with Gasteiger partial charge in [-0.3, -0.25) is 9.69 Å². The van der Waals surface area contributed by atoms with Crippen molar-refractivity contribution in [2.75, 3.05) is 76.0 Å². The van der Waals surface area contributed by atoms with E-state index < -0.39 is 5.91 Å². The third-order valence-electron chi connectivity index (χ3n) is 4.85. The second-order valence-electron chi connectivity index (χ2n) is 7.07. The van der Waals surface area contributed by atoms with Gasteiger partial charge in [-0.2, -0.15) is 4.98 Å². The number of anilines is 2. The van der Waals surface area contributed by atoms with Gasteiger partial charge in [0.15, 0.2) is 5.82 Å². The highest BCUT2D eigenvalue weighted by atomic mass is 16.5. The molecule has 11 nitrogen and oxygen atoms in total. The van der Waals surface area contributed by atoms with E-state index in [0.29, 0.717) is 56.3 Å². The molecule has 2 aromatic rings. The molecule has 162 valence electrons. The number of morpholine rings is 2. The number of amides is 1. The molecule has 30 heavy (non-hydrogen) atoms. The van der Waals surface area contributed by atoms with Crippen LogP contribution in [0.25, 0.3) is 0 Å². The molecule has 0 unspecified atom stereocenters. The normalized spacial score (nSPS) is 17.7. The van der Waals surface area contributed by atoms with Crippen molar-refractivity contribution < 1.29 is 23.5 Å². The number of nitrogens with zero attached hydrogens (tertiary/aromatic N) is 5. The minimum atomic E-state index is -0.404. The summed E-state index contributed by atoms with van der Waals surface area (Å²) < 4.78 is 21.6. The van der Waals surface area contributed by atoms with Crippen LogP contribution in [0.5, 0.6) is 5.88 Å². The lowest BCUT2D eigenvalue weighted by Crippen LogP contribution is -2.39. The van der Waals surface area contributed by atoms with Crippen molar-refractivity contribution in [3.63, 3.8) is 0 Å². The second kappa shape index (κ2) is 9.83. The minimum absolute atomic E-state index is 0.202. The summed E-state index contributed by atoms with van der Waals surface area (Å²) >= 11 is 0. The first kappa shape index (κ1) is 20.5. The van der Waals surface area contributed by atoms with Gasteiger partial charge >= 0.3 is 0 Å². The Balaban J connectivity index is 1.47. The summed E-state index contributed by atoms with van der Waals surface area (Å²) in [6.07, 6.45) is 0. The highest BCUT2D eigenvalue weighted by molar-refractivity contribution is 6.02. The number of aromatic nitrogens is 3. The van der Waals surface area contributed by atoms with E-state index in [0.717, 1.165) is 32.8 Å². The average molecular weight is 418 g/mol. The number of nitrogens with one attached hydrogen (secondary N) is 1. The molecule has 0 aromatic carbocycles. The molecule has 0 radical (unpaired) electrons. The van der Waals surface area contributed by atoms with Gasteiger partial charge in [0.25, 0.3) is 5.91 Å². The minimum Gasteiger partial charge on any atom is -0.476 e. The largest absolute Gasteiger partial charge is 0.476 e. The lowest BCUT2D eigenvalue weighted by Gasteiger charge is -2.27. The summed E-state index contributed by atoms with van der Waals surface area (Å²) in [4.78, 5) is 25.9. The van der Waals surface area contributed by atoms with Gasteiger partial charge in [0, 0.05) is 44.9 Å². The van der Waals surface area contributed by atoms with Gasteiger partial charge in [-0.15, -0.1) is 0 Å². The van der Waals surface area contributed by atoms with E-state index in [1.54, 1.807) is 19.1 Å². The van der Waals surface area contributed by atoms with Crippen molar-refractivity contribution in [2.24, 2.45) is 0 Å². The smallest absolute Gasteiger partial charge is 0.275 e. The molecule has 0 spiro atoms. The van der Waals surface area contributed by atoms with Crippen molar-refractivity contribution >= 4 is 17.7 Å². The van der Waals surface area contributed by atoms with Crippen LogP contribution in [-0.4, -0.2) is 91.7 Å². The summed E-state index contributed by atoms with van der Waals surface area (Å²) in [5, 5.41) is 6.48. The van der Waals surface area contributed by atoms with E-state index >= 15 is 0 Å². The predicted octanol–water partition coefficient (Wildman–Crippen LogP) is 0.573. The standard InChI is InChI=1S/C19H26N6O5/c1-14-12-16(23-30-14)21-18(26)15-13-17(29-11-4-24-2-7-27-8-3-24)22-19(20-15)25-5-9-28-10-6-25/h12-13H,2-11H2,1H3,(H,21,23,26). The van der Waals surface area contributed by atoms with Gasteiger partial charge in [0.05, 0.1) is 26.4 Å². The van der Waals surface area contributed by atoms with Crippen LogP contribution < -0.4 is 15.0 Å². The Morgan fingerprint density at radius 2 is 1.83 bits per heavy atom. The van der Waals surface area contributed by atoms with Crippen LogP contribution in [0.15, 0.2) is 16.7 Å². The second-order valence-corrected chi connectivity index (χ2v) is 7.07. The first-order chi connectivity index (χ1) is 14.7. The molecule has 0 aliphatic carbocycles. The van der Waals surface area contributed by atoms with Crippen LogP contribution in [0.3, 0.4) is 0 Å². The maximum absolute atomic E-state index is 12.7. The maximum atomic E-state index is 12.7. The summed E-state index contributed by atoms with van der Waals surface area (Å²) in [5.74, 6) is 1.34. The summed E-state index contributed by atoms with van der Waals surface area (Å²) in [5.41, 5.74) is 0.202. The van der Waals surface area contributed by atoms with Crippen LogP contribution in [-0.2, 0) is 9.47 Å². The Hall–Kier alpha value is -2.76. The first-order valence-corrected chi connectivity index (χ1v) is 10.1. The number of rotatable bonds is 7. The summed E-state index contributed by atoms with van der Waals surface area (Å²) in [6, 6.07) is 3.19. The third kappa shape index (κ3) is 5.43.